The van der Waals surface area contributed by atoms with Gasteiger partial charge in [-0.1, -0.05) is 25.2 Å². The molecule has 106 valence electrons. The lowest BCUT2D eigenvalue weighted by atomic mass is 9.81. The first-order valence-electron chi connectivity index (χ1n) is 6.81. The molecule has 1 saturated heterocycles. The lowest BCUT2D eigenvalue weighted by Crippen LogP contribution is -2.32. The van der Waals surface area contributed by atoms with E-state index in [0.717, 1.165) is 12.0 Å². The van der Waals surface area contributed by atoms with Crippen molar-refractivity contribution in [2.75, 3.05) is 0 Å². The van der Waals surface area contributed by atoms with Gasteiger partial charge in [0.25, 0.3) is 0 Å². The van der Waals surface area contributed by atoms with E-state index in [9.17, 15) is 15.0 Å². The Bertz CT molecular complexity index is 412. The Labute approximate surface area is 113 Å². The Morgan fingerprint density at radius 2 is 2.11 bits per heavy atom. The van der Waals surface area contributed by atoms with E-state index in [4.69, 9.17) is 4.74 Å². The summed E-state index contributed by atoms with van der Waals surface area (Å²) >= 11 is 0. The second-order valence-corrected chi connectivity index (χ2v) is 5.76. The molecule has 1 fully saturated rings. The second-order valence-electron chi connectivity index (χ2n) is 5.76. The van der Waals surface area contributed by atoms with Crippen LogP contribution in [0.2, 0.25) is 0 Å². The van der Waals surface area contributed by atoms with Crippen molar-refractivity contribution in [3.05, 3.63) is 23.8 Å². The second kappa shape index (κ2) is 5.47. The van der Waals surface area contributed by atoms with Crippen molar-refractivity contribution in [2.24, 2.45) is 11.8 Å². The molecular formula is C15H22O4. The van der Waals surface area contributed by atoms with E-state index in [-0.39, 0.29) is 23.9 Å². The van der Waals surface area contributed by atoms with Crippen molar-refractivity contribution < 1.29 is 19.7 Å². The van der Waals surface area contributed by atoms with E-state index in [1.807, 2.05) is 6.92 Å². The first-order chi connectivity index (χ1) is 8.90. The summed E-state index contributed by atoms with van der Waals surface area (Å²) in [6.07, 6.45) is 1.88. The zero-order valence-electron chi connectivity index (χ0n) is 11.5. The lowest BCUT2D eigenvalue weighted by Gasteiger charge is -2.26. The Balaban J connectivity index is 2.30. The van der Waals surface area contributed by atoms with E-state index in [1.54, 1.807) is 13.0 Å². The van der Waals surface area contributed by atoms with Crippen LogP contribution in [0.5, 0.6) is 0 Å². The van der Waals surface area contributed by atoms with Crippen molar-refractivity contribution in [2.45, 2.75) is 51.4 Å². The van der Waals surface area contributed by atoms with Crippen LogP contribution in [-0.4, -0.2) is 34.5 Å². The molecule has 0 spiro atoms. The molecule has 4 nitrogen and oxygen atoms in total. The van der Waals surface area contributed by atoms with Gasteiger partial charge >= 0.3 is 5.97 Å². The van der Waals surface area contributed by atoms with Gasteiger partial charge in [0, 0.05) is 12.3 Å². The van der Waals surface area contributed by atoms with Gasteiger partial charge in [0.1, 0.15) is 6.10 Å². The number of aliphatic hydroxyl groups is 2. The molecule has 2 rings (SSSR count). The average molecular weight is 266 g/mol. The number of esters is 1. The van der Waals surface area contributed by atoms with Gasteiger partial charge in [-0.05, 0) is 25.3 Å². The van der Waals surface area contributed by atoms with Crippen LogP contribution >= 0.6 is 0 Å². The largest absolute Gasteiger partial charge is 0.461 e. The molecule has 0 radical (unpaired) electrons. The minimum Gasteiger partial charge on any atom is -0.461 e. The standard InChI is InChI=1S/C15H22O4/c1-8-4-5-11(16)9(2)7-13-14(12(17)6-8)10(3)15(18)19-13/h6,10-14,16-17H,2,4-5,7H2,1,3H3/b8-6+/t10-,11-,12-,13+,14+/m1/s1. The number of ether oxygens (including phenoxy) is 1. The van der Waals surface area contributed by atoms with Gasteiger partial charge in [-0.25, -0.2) is 0 Å². The molecular weight excluding hydrogens is 244 g/mol. The fraction of sp³-hybridized carbons (Fsp3) is 0.667. The van der Waals surface area contributed by atoms with Crippen LogP contribution in [-0.2, 0) is 9.53 Å². The van der Waals surface area contributed by atoms with Crippen LogP contribution in [0, 0.1) is 11.8 Å². The van der Waals surface area contributed by atoms with Gasteiger partial charge in [0.05, 0.1) is 18.1 Å². The molecule has 0 unspecified atom stereocenters. The first-order valence-corrected chi connectivity index (χ1v) is 6.81. The molecule has 0 amide bonds. The number of rotatable bonds is 0. The van der Waals surface area contributed by atoms with Gasteiger partial charge in [-0.15, -0.1) is 0 Å². The fourth-order valence-corrected chi connectivity index (χ4v) is 2.96. The van der Waals surface area contributed by atoms with Crippen LogP contribution in [0.1, 0.15) is 33.1 Å². The molecule has 0 bridgehead atoms. The first kappa shape index (κ1) is 14.3. The molecule has 2 N–H and O–H groups in total. The summed E-state index contributed by atoms with van der Waals surface area (Å²) in [4.78, 5) is 11.7. The highest BCUT2D eigenvalue weighted by atomic mass is 16.6. The molecule has 0 aromatic rings. The van der Waals surface area contributed by atoms with Gasteiger partial charge in [0.2, 0.25) is 0 Å². The molecule has 1 heterocycles. The number of hydrogen-bond acceptors (Lipinski definition) is 4. The third-order valence-electron chi connectivity index (χ3n) is 4.24. The molecule has 0 aromatic heterocycles. The number of carbonyl (C=O) groups excluding carboxylic acids is 1. The molecule has 5 atom stereocenters. The monoisotopic (exact) mass is 266 g/mol. The summed E-state index contributed by atoms with van der Waals surface area (Å²) in [5.74, 6) is -0.862. The highest BCUT2D eigenvalue weighted by Gasteiger charge is 2.45. The number of carbonyl (C=O) groups is 1. The Hall–Kier alpha value is -1.13. The molecule has 2 aliphatic rings. The summed E-state index contributed by atoms with van der Waals surface area (Å²) in [5, 5.41) is 20.3. The number of fused-ring (bicyclic) bond motifs is 1. The van der Waals surface area contributed by atoms with E-state index < -0.39 is 12.2 Å². The quantitative estimate of drug-likeness (QED) is 0.516. The van der Waals surface area contributed by atoms with Crippen LogP contribution in [0.25, 0.3) is 0 Å². The van der Waals surface area contributed by atoms with Gasteiger partial charge < -0.3 is 14.9 Å². The summed E-state index contributed by atoms with van der Waals surface area (Å²) in [6, 6.07) is 0. The predicted molar refractivity (Wildman–Crippen MR) is 71.3 cm³/mol. The van der Waals surface area contributed by atoms with Gasteiger partial charge in [-0.3, -0.25) is 4.79 Å². The normalized spacial score (nSPS) is 43.2. The van der Waals surface area contributed by atoms with Gasteiger partial charge in [-0.2, -0.15) is 0 Å². The van der Waals surface area contributed by atoms with Crippen LogP contribution in [0.15, 0.2) is 23.8 Å². The zero-order chi connectivity index (χ0) is 14.2. The Morgan fingerprint density at radius 1 is 1.42 bits per heavy atom. The third-order valence-corrected chi connectivity index (χ3v) is 4.24. The van der Waals surface area contributed by atoms with Crippen molar-refractivity contribution in [1.82, 2.24) is 0 Å². The highest BCUT2D eigenvalue weighted by molar-refractivity contribution is 5.75. The van der Waals surface area contributed by atoms with Gasteiger partial charge in [0.15, 0.2) is 0 Å². The highest BCUT2D eigenvalue weighted by Crippen LogP contribution is 2.36. The smallest absolute Gasteiger partial charge is 0.309 e. The molecule has 1 aliphatic carbocycles. The number of aliphatic hydroxyl groups excluding tert-OH is 2. The van der Waals surface area contributed by atoms with Crippen molar-refractivity contribution >= 4 is 5.97 Å². The molecule has 19 heavy (non-hydrogen) atoms. The maximum atomic E-state index is 11.7. The molecule has 0 saturated carbocycles. The zero-order valence-corrected chi connectivity index (χ0v) is 11.5. The van der Waals surface area contributed by atoms with E-state index in [2.05, 4.69) is 6.58 Å². The van der Waals surface area contributed by atoms with E-state index >= 15 is 0 Å². The van der Waals surface area contributed by atoms with Crippen molar-refractivity contribution in [3.8, 4) is 0 Å². The summed E-state index contributed by atoms with van der Waals surface area (Å²) in [6.45, 7) is 7.60. The minimum absolute atomic E-state index is 0.260. The SMILES string of the molecule is C=C1C[C@@H]2OC(=O)[C@H](C)[C@H]2[C@H](O)/C=C(\C)CC[C@H]1O. The molecule has 1 aliphatic heterocycles. The average Bonchev–Trinajstić information content (AvgIpc) is 2.60. The minimum atomic E-state index is -0.686. The number of allylic oxidation sites excluding steroid dienone is 1. The Morgan fingerprint density at radius 3 is 2.79 bits per heavy atom. The summed E-state index contributed by atoms with van der Waals surface area (Å²) in [7, 11) is 0. The topological polar surface area (TPSA) is 66.8 Å². The molecule has 0 aromatic carbocycles. The van der Waals surface area contributed by atoms with Crippen LogP contribution in [0.4, 0.5) is 0 Å². The predicted octanol–water partition coefficient (Wildman–Crippen LogP) is 1.57. The van der Waals surface area contributed by atoms with Crippen LogP contribution < -0.4 is 0 Å². The van der Waals surface area contributed by atoms with E-state index in [0.29, 0.717) is 18.4 Å². The third kappa shape index (κ3) is 2.90. The fourth-order valence-electron chi connectivity index (χ4n) is 2.96. The maximum absolute atomic E-state index is 11.7. The van der Waals surface area contributed by atoms with E-state index in [1.165, 1.54) is 0 Å². The Kier molecular flexibility index (Phi) is 4.11. The summed E-state index contributed by atoms with van der Waals surface area (Å²) in [5.41, 5.74) is 1.70. The summed E-state index contributed by atoms with van der Waals surface area (Å²) < 4.78 is 5.33. The van der Waals surface area contributed by atoms with Crippen molar-refractivity contribution in [1.29, 1.82) is 0 Å². The number of hydrogen-bond donors (Lipinski definition) is 2. The maximum Gasteiger partial charge on any atom is 0.309 e. The van der Waals surface area contributed by atoms with Crippen LogP contribution in [0.3, 0.4) is 0 Å². The molecule has 4 heteroatoms. The van der Waals surface area contributed by atoms with Crippen molar-refractivity contribution in [3.63, 3.8) is 0 Å². The lowest BCUT2D eigenvalue weighted by molar-refractivity contribution is -0.143.